The molecule has 27 heavy (non-hydrogen) atoms. The van der Waals surface area contributed by atoms with Crippen molar-refractivity contribution >= 4 is 23.5 Å². The van der Waals surface area contributed by atoms with Crippen molar-refractivity contribution in [2.45, 2.75) is 45.1 Å². The van der Waals surface area contributed by atoms with Crippen LogP contribution < -0.4 is 5.32 Å². The highest BCUT2D eigenvalue weighted by Gasteiger charge is 2.42. The Labute approximate surface area is 164 Å². The first-order valence-corrected chi connectivity index (χ1v) is 10.1. The molecular weight excluding hydrogens is 369 g/mol. The summed E-state index contributed by atoms with van der Waals surface area (Å²) in [6.45, 7) is 6.42. The molecule has 0 spiro atoms. The molecule has 2 aliphatic rings. The van der Waals surface area contributed by atoms with Gasteiger partial charge in [0.2, 0.25) is 0 Å². The number of nitrogens with zero attached hydrogens (tertiary/aromatic N) is 2. The number of esters is 1. The topological polar surface area (TPSA) is 53.9 Å². The van der Waals surface area contributed by atoms with Crippen LogP contribution in [0.5, 0.6) is 0 Å². The summed E-state index contributed by atoms with van der Waals surface area (Å²) >= 11 is 6.20. The summed E-state index contributed by atoms with van der Waals surface area (Å²) < 4.78 is 19.3. The second kappa shape index (κ2) is 8.91. The zero-order chi connectivity index (χ0) is 19.4. The Morgan fingerprint density at radius 2 is 2.11 bits per heavy atom. The van der Waals surface area contributed by atoms with Crippen LogP contribution in [0.2, 0.25) is 5.02 Å². The highest BCUT2D eigenvalue weighted by atomic mass is 35.5. The average Bonchev–Trinajstić information content (AvgIpc) is 3.40. The third-order valence-electron chi connectivity index (χ3n) is 5.20. The molecule has 1 aromatic rings. The quantitative estimate of drug-likeness (QED) is 0.470. The van der Waals surface area contributed by atoms with Gasteiger partial charge in [-0.25, -0.2) is 4.39 Å². The van der Waals surface area contributed by atoms with E-state index in [1.165, 1.54) is 6.07 Å². The van der Waals surface area contributed by atoms with Crippen molar-refractivity contribution in [3.63, 3.8) is 0 Å². The van der Waals surface area contributed by atoms with Crippen molar-refractivity contribution in [3.8, 4) is 0 Å². The van der Waals surface area contributed by atoms with Crippen LogP contribution in [0, 0.1) is 11.7 Å². The Hall–Kier alpha value is -1.82. The van der Waals surface area contributed by atoms with Crippen molar-refractivity contribution in [2.24, 2.45) is 10.9 Å². The number of likely N-dealkylation sites (tertiary alicyclic amines) is 1. The van der Waals surface area contributed by atoms with Gasteiger partial charge in [-0.15, -0.1) is 0 Å². The SMILES string of the molecule is CCN=C(NC1CC1c1c(F)cccc1Cl)N1CCC(C(=O)OCC)CC1. The molecule has 5 nitrogen and oxygen atoms in total. The highest BCUT2D eigenvalue weighted by Crippen LogP contribution is 2.45. The molecule has 2 unspecified atom stereocenters. The maximum Gasteiger partial charge on any atom is 0.309 e. The van der Waals surface area contributed by atoms with Crippen LogP contribution in [-0.4, -0.2) is 49.1 Å². The van der Waals surface area contributed by atoms with Crippen LogP contribution >= 0.6 is 11.6 Å². The molecule has 0 aromatic heterocycles. The zero-order valence-electron chi connectivity index (χ0n) is 15.9. The molecular formula is C20H27ClFN3O2. The van der Waals surface area contributed by atoms with Gasteiger partial charge in [-0.05, 0) is 45.2 Å². The van der Waals surface area contributed by atoms with Gasteiger partial charge in [0.1, 0.15) is 5.82 Å². The van der Waals surface area contributed by atoms with Crippen molar-refractivity contribution in [1.82, 2.24) is 10.2 Å². The molecule has 3 rings (SSSR count). The summed E-state index contributed by atoms with van der Waals surface area (Å²) in [7, 11) is 0. The minimum Gasteiger partial charge on any atom is -0.466 e. The molecule has 1 aliphatic heterocycles. The summed E-state index contributed by atoms with van der Waals surface area (Å²) in [4.78, 5) is 18.7. The van der Waals surface area contributed by atoms with E-state index in [0.29, 0.717) is 23.7 Å². The number of carbonyl (C=O) groups is 1. The number of halogens is 2. The Morgan fingerprint density at radius 3 is 2.74 bits per heavy atom. The fourth-order valence-corrected chi connectivity index (χ4v) is 3.98. The highest BCUT2D eigenvalue weighted by molar-refractivity contribution is 6.31. The molecule has 2 atom stereocenters. The van der Waals surface area contributed by atoms with Crippen LogP contribution in [0.25, 0.3) is 0 Å². The van der Waals surface area contributed by atoms with E-state index in [2.05, 4.69) is 15.2 Å². The number of hydrogen-bond donors (Lipinski definition) is 1. The van der Waals surface area contributed by atoms with Gasteiger partial charge >= 0.3 is 5.97 Å². The van der Waals surface area contributed by atoms with E-state index >= 15 is 0 Å². The van der Waals surface area contributed by atoms with E-state index in [1.807, 2.05) is 13.8 Å². The molecule has 1 saturated carbocycles. The molecule has 148 valence electrons. The minimum absolute atomic E-state index is 0.0324. The van der Waals surface area contributed by atoms with Crippen molar-refractivity contribution in [1.29, 1.82) is 0 Å². The standard InChI is InChI=1S/C20H27ClFN3O2/c1-3-23-20(25-10-8-13(9-11-25)19(26)27-4-2)24-17-12-14(17)18-15(21)6-5-7-16(18)22/h5-7,13-14,17H,3-4,8-12H2,1-2H3,(H,23,24). The largest absolute Gasteiger partial charge is 0.466 e. The molecule has 1 N–H and O–H groups in total. The summed E-state index contributed by atoms with van der Waals surface area (Å²) in [6, 6.07) is 4.95. The minimum atomic E-state index is -0.249. The fraction of sp³-hybridized carbons (Fsp3) is 0.600. The van der Waals surface area contributed by atoms with Gasteiger partial charge in [-0.2, -0.15) is 0 Å². The maximum absolute atomic E-state index is 14.1. The molecule has 2 fully saturated rings. The Morgan fingerprint density at radius 1 is 1.37 bits per heavy atom. The van der Waals surface area contributed by atoms with Gasteiger partial charge in [0, 0.05) is 42.2 Å². The van der Waals surface area contributed by atoms with Gasteiger partial charge in [-0.3, -0.25) is 9.79 Å². The smallest absolute Gasteiger partial charge is 0.309 e. The predicted molar refractivity (Wildman–Crippen MR) is 105 cm³/mol. The molecule has 1 aliphatic carbocycles. The number of guanidine groups is 1. The van der Waals surface area contributed by atoms with Crippen molar-refractivity contribution in [3.05, 3.63) is 34.6 Å². The molecule has 0 radical (unpaired) electrons. The first-order valence-electron chi connectivity index (χ1n) is 9.71. The molecule has 7 heteroatoms. The lowest BCUT2D eigenvalue weighted by Crippen LogP contribution is -2.47. The number of aliphatic imine (C=N–C) groups is 1. The monoisotopic (exact) mass is 395 g/mol. The van der Waals surface area contributed by atoms with Gasteiger partial charge in [0.05, 0.1) is 12.5 Å². The molecule has 0 amide bonds. The normalized spacial score (nSPS) is 23.3. The average molecular weight is 396 g/mol. The van der Waals surface area contributed by atoms with Gasteiger partial charge < -0.3 is 15.0 Å². The summed E-state index contributed by atoms with van der Waals surface area (Å²) in [5.74, 6) is 0.518. The van der Waals surface area contributed by atoms with Crippen LogP contribution in [-0.2, 0) is 9.53 Å². The number of hydrogen-bond acceptors (Lipinski definition) is 3. The van der Waals surface area contributed by atoms with Crippen LogP contribution in [0.3, 0.4) is 0 Å². The maximum atomic E-state index is 14.1. The van der Waals surface area contributed by atoms with Gasteiger partial charge in [0.15, 0.2) is 5.96 Å². The second-order valence-electron chi connectivity index (χ2n) is 7.04. The molecule has 0 bridgehead atoms. The number of nitrogens with one attached hydrogen (secondary N) is 1. The molecule has 1 saturated heterocycles. The van der Waals surface area contributed by atoms with Gasteiger partial charge in [-0.1, -0.05) is 17.7 Å². The third kappa shape index (κ3) is 4.72. The van der Waals surface area contributed by atoms with Crippen LogP contribution in [0.1, 0.15) is 44.6 Å². The Balaban J connectivity index is 1.59. The Kier molecular flexibility index (Phi) is 6.58. The summed E-state index contributed by atoms with van der Waals surface area (Å²) in [6.07, 6.45) is 2.36. The fourth-order valence-electron chi connectivity index (χ4n) is 3.68. The van der Waals surface area contributed by atoms with E-state index in [4.69, 9.17) is 16.3 Å². The number of ether oxygens (including phenoxy) is 1. The van der Waals surface area contributed by atoms with E-state index < -0.39 is 0 Å². The second-order valence-corrected chi connectivity index (χ2v) is 7.45. The summed E-state index contributed by atoms with van der Waals surface area (Å²) in [5.41, 5.74) is 0.591. The number of piperidine rings is 1. The number of carbonyl (C=O) groups excluding carboxylic acids is 1. The van der Waals surface area contributed by atoms with Crippen molar-refractivity contribution in [2.75, 3.05) is 26.2 Å². The van der Waals surface area contributed by atoms with E-state index in [0.717, 1.165) is 38.3 Å². The molecule has 1 aromatic carbocycles. The van der Waals surface area contributed by atoms with Crippen LogP contribution in [0.4, 0.5) is 4.39 Å². The number of rotatable bonds is 5. The van der Waals surface area contributed by atoms with E-state index in [-0.39, 0.29) is 29.7 Å². The zero-order valence-corrected chi connectivity index (χ0v) is 16.6. The first-order chi connectivity index (χ1) is 13.0. The lowest BCUT2D eigenvalue weighted by molar-refractivity contribution is -0.149. The third-order valence-corrected chi connectivity index (χ3v) is 5.53. The van der Waals surface area contributed by atoms with Gasteiger partial charge in [0.25, 0.3) is 0 Å². The molecule has 1 heterocycles. The first kappa shape index (κ1) is 19.9. The summed E-state index contributed by atoms with van der Waals surface area (Å²) in [5, 5.41) is 3.95. The van der Waals surface area contributed by atoms with Crippen molar-refractivity contribution < 1.29 is 13.9 Å². The Bertz CT molecular complexity index is 684. The predicted octanol–water partition coefficient (Wildman–Crippen LogP) is 3.58. The lowest BCUT2D eigenvalue weighted by Gasteiger charge is -2.33. The van der Waals surface area contributed by atoms with Crippen LogP contribution in [0.15, 0.2) is 23.2 Å². The van der Waals surface area contributed by atoms with E-state index in [1.54, 1.807) is 12.1 Å². The lowest BCUT2D eigenvalue weighted by atomic mass is 9.97. The number of benzene rings is 1. The van der Waals surface area contributed by atoms with E-state index in [9.17, 15) is 9.18 Å².